The van der Waals surface area contributed by atoms with E-state index in [9.17, 15) is 0 Å². The van der Waals surface area contributed by atoms with Gasteiger partial charge in [0.05, 0.1) is 25.2 Å². The van der Waals surface area contributed by atoms with Gasteiger partial charge >= 0.3 is 0 Å². The highest BCUT2D eigenvalue weighted by atomic mass is 16.5. The second-order valence-electron chi connectivity index (χ2n) is 5.81. The minimum atomic E-state index is 0.284. The van der Waals surface area contributed by atoms with Crippen molar-refractivity contribution in [3.05, 3.63) is 61.1 Å². The minimum Gasteiger partial charge on any atom is -0.477 e. The van der Waals surface area contributed by atoms with Crippen molar-refractivity contribution in [1.29, 1.82) is 0 Å². The van der Waals surface area contributed by atoms with Gasteiger partial charge in [-0.2, -0.15) is 0 Å². The maximum atomic E-state index is 5.86. The average molecular weight is 322 g/mol. The van der Waals surface area contributed by atoms with Crippen molar-refractivity contribution in [3.8, 4) is 5.88 Å². The monoisotopic (exact) mass is 322 g/mol. The molecule has 7 heteroatoms. The van der Waals surface area contributed by atoms with Crippen molar-refractivity contribution < 1.29 is 4.74 Å². The van der Waals surface area contributed by atoms with E-state index in [1.165, 1.54) is 0 Å². The molecule has 4 heterocycles. The molecule has 0 N–H and O–H groups in total. The number of aromatic nitrogens is 5. The summed E-state index contributed by atoms with van der Waals surface area (Å²) in [5, 5.41) is 0. The highest BCUT2D eigenvalue weighted by Crippen LogP contribution is 2.20. The van der Waals surface area contributed by atoms with E-state index in [2.05, 4.69) is 29.4 Å². The smallest absolute Gasteiger partial charge is 0.225 e. The van der Waals surface area contributed by atoms with Crippen LogP contribution in [0.25, 0.3) is 0 Å². The Hall–Kier alpha value is -2.96. The molecule has 0 bridgehead atoms. The van der Waals surface area contributed by atoms with Crippen LogP contribution >= 0.6 is 0 Å². The van der Waals surface area contributed by atoms with Gasteiger partial charge in [0.15, 0.2) is 0 Å². The quantitative estimate of drug-likeness (QED) is 0.729. The van der Waals surface area contributed by atoms with Gasteiger partial charge in [0.2, 0.25) is 11.8 Å². The lowest BCUT2D eigenvalue weighted by molar-refractivity contribution is 0.229. The number of hydrogen-bond acceptors (Lipinski definition) is 6. The molecule has 1 unspecified atom stereocenters. The molecule has 1 aliphatic heterocycles. The summed E-state index contributed by atoms with van der Waals surface area (Å²) in [5.41, 5.74) is 1.16. The van der Waals surface area contributed by atoms with E-state index in [4.69, 9.17) is 4.74 Å². The number of fused-ring (bicyclic) bond motifs is 1. The van der Waals surface area contributed by atoms with E-state index >= 15 is 0 Å². The molecule has 0 fully saturated rings. The van der Waals surface area contributed by atoms with E-state index < -0.39 is 0 Å². The Morgan fingerprint density at radius 2 is 1.92 bits per heavy atom. The number of nitrogens with zero attached hydrogens (tertiary/aromatic N) is 6. The fraction of sp³-hybridized carbons (Fsp3) is 0.294. The van der Waals surface area contributed by atoms with Crippen molar-refractivity contribution in [2.45, 2.75) is 13.1 Å². The van der Waals surface area contributed by atoms with E-state index in [0.29, 0.717) is 12.5 Å². The average Bonchev–Trinajstić information content (AvgIpc) is 2.99. The lowest BCUT2D eigenvalue weighted by Crippen LogP contribution is -2.32. The fourth-order valence-corrected chi connectivity index (χ4v) is 2.90. The second-order valence-corrected chi connectivity index (χ2v) is 5.81. The van der Waals surface area contributed by atoms with Crippen LogP contribution in [-0.4, -0.2) is 37.7 Å². The van der Waals surface area contributed by atoms with Crippen LogP contribution in [0.1, 0.15) is 5.69 Å². The van der Waals surface area contributed by atoms with Crippen LogP contribution in [0.3, 0.4) is 0 Å². The third kappa shape index (κ3) is 3.19. The predicted octanol–water partition coefficient (Wildman–Crippen LogP) is 1.78. The third-order valence-electron chi connectivity index (χ3n) is 4.02. The van der Waals surface area contributed by atoms with Gasteiger partial charge in [-0.25, -0.2) is 19.9 Å². The normalized spacial score (nSPS) is 17.2. The summed E-state index contributed by atoms with van der Waals surface area (Å²) in [6, 6.07) is 7.50. The molecule has 4 rings (SSSR count). The molecule has 0 saturated heterocycles. The van der Waals surface area contributed by atoms with Gasteiger partial charge in [0.25, 0.3) is 0 Å². The Bertz CT molecular complexity index is 776. The van der Waals surface area contributed by atoms with Gasteiger partial charge in [-0.1, -0.05) is 6.07 Å². The second kappa shape index (κ2) is 6.66. The number of pyridine rings is 1. The van der Waals surface area contributed by atoms with Crippen LogP contribution in [0.4, 0.5) is 5.95 Å². The van der Waals surface area contributed by atoms with Crippen LogP contribution < -0.4 is 9.64 Å². The minimum absolute atomic E-state index is 0.284. The molecule has 0 radical (unpaired) electrons. The summed E-state index contributed by atoms with van der Waals surface area (Å²) in [5.74, 6) is 1.66. The molecule has 3 aromatic rings. The molecule has 3 aromatic heterocycles. The Labute approximate surface area is 140 Å². The molecular weight excluding hydrogens is 304 g/mol. The fourth-order valence-electron chi connectivity index (χ4n) is 2.90. The number of rotatable bonds is 4. The van der Waals surface area contributed by atoms with Gasteiger partial charge in [0, 0.05) is 49.9 Å². The molecule has 0 amide bonds. The molecule has 1 aliphatic rings. The van der Waals surface area contributed by atoms with Gasteiger partial charge in [-0.15, -0.1) is 0 Å². The SMILES string of the molecule is c1ccc(OCC2CN(c3ncccn3)Cc3cncn3C2)nc1. The first-order valence-corrected chi connectivity index (χ1v) is 7.93. The molecule has 0 saturated carbocycles. The van der Waals surface area contributed by atoms with E-state index in [1.807, 2.05) is 36.8 Å². The standard InChI is InChI=1S/C17H18N6O/c1-2-5-19-16(4-1)24-12-14-9-22(17-20-6-3-7-21-17)11-15-8-18-13-23(15)10-14/h1-8,13-14H,9-12H2. The summed E-state index contributed by atoms with van der Waals surface area (Å²) >= 11 is 0. The largest absolute Gasteiger partial charge is 0.477 e. The number of imidazole rings is 1. The van der Waals surface area contributed by atoms with Gasteiger partial charge in [-0.3, -0.25) is 0 Å². The van der Waals surface area contributed by atoms with Gasteiger partial charge in [0.1, 0.15) is 0 Å². The Morgan fingerprint density at radius 3 is 2.75 bits per heavy atom. The lowest BCUT2D eigenvalue weighted by atomic mass is 10.1. The summed E-state index contributed by atoms with van der Waals surface area (Å²) in [6.07, 6.45) is 9.05. The highest BCUT2D eigenvalue weighted by molar-refractivity contribution is 5.30. The zero-order valence-corrected chi connectivity index (χ0v) is 13.2. The van der Waals surface area contributed by atoms with Crippen LogP contribution in [0.15, 0.2) is 55.4 Å². The Kier molecular flexibility index (Phi) is 4.05. The van der Waals surface area contributed by atoms with Crippen LogP contribution in [0, 0.1) is 5.92 Å². The molecule has 0 aliphatic carbocycles. The Balaban J connectivity index is 1.53. The first-order valence-electron chi connectivity index (χ1n) is 7.93. The number of anilines is 1. The predicted molar refractivity (Wildman–Crippen MR) is 88.5 cm³/mol. The zero-order valence-electron chi connectivity index (χ0n) is 13.2. The molecule has 122 valence electrons. The maximum absolute atomic E-state index is 5.86. The summed E-state index contributed by atoms with van der Waals surface area (Å²) < 4.78 is 8.04. The molecular formula is C17H18N6O. The molecule has 7 nitrogen and oxygen atoms in total. The lowest BCUT2D eigenvalue weighted by Gasteiger charge is -2.23. The van der Waals surface area contributed by atoms with Crippen LogP contribution in [0.2, 0.25) is 0 Å². The van der Waals surface area contributed by atoms with E-state index in [0.717, 1.165) is 31.3 Å². The molecule has 0 spiro atoms. The van der Waals surface area contributed by atoms with E-state index in [1.54, 1.807) is 18.6 Å². The molecule has 24 heavy (non-hydrogen) atoms. The van der Waals surface area contributed by atoms with Gasteiger partial charge < -0.3 is 14.2 Å². The molecule has 0 aromatic carbocycles. The van der Waals surface area contributed by atoms with E-state index in [-0.39, 0.29) is 5.92 Å². The van der Waals surface area contributed by atoms with Crippen molar-refractivity contribution in [1.82, 2.24) is 24.5 Å². The van der Waals surface area contributed by atoms with Crippen molar-refractivity contribution in [2.24, 2.45) is 5.92 Å². The van der Waals surface area contributed by atoms with Crippen LogP contribution in [-0.2, 0) is 13.1 Å². The topological polar surface area (TPSA) is 69.0 Å². The third-order valence-corrected chi connectivity index (χ3v) is 4.02. The summed E-state index contributed by atoms with van der Waals surface area (Å²) in [7, 11) is 0. The number of hydrogen-bond donors (Lipinski definition) is 0. The zero-order chi connectivity index (χ0) is 16.2. The van der Waals surface area contributed by atoms with Crippen molar-refractivity contribution >= 4 is 5.95 Å². The summed E-state index contributed by atoms with van der Waals surface area (Å²) in [6.45, 7) is 2.99. The Morgan fingerprint density at radius 1 is 1.04 bits per heavy atom. The number of ether oxygens (including phenoxy) is 1. The van der Waals surface area contributed by atoms with Crippen molar-refractivity contribution in [2.75, 3.05) is 18.1 Å². The van der Waals surface area contributed by atoms with Gasteiger partial charge in [-0.05, 0) is 12.1 Å². The highest BCUT2D eigenvalue weighted by Gasteiger charge is 2.24. The van der Waals surface area contributed by atoms with Crippen LogP contribution in [0.5, 0.6) is 5.88 Å². The summed E-state index contributed by atoms with van der Waals surface area (Å²) in [4.78, 5) is 19.4. The van der Waals surface area contributed by atoms with Crippen molar-refractivity contribution in [3.63, 3.8) is 0 Å². The first-order chi connectivity index (χ1) is 11.9. The first kappa shape index (κ1) is 14.6. The molecule has 1 atom stereocenters. The maximum Gasteiger partial charge on any atom is 0.225 e.